The first-order valence-electron chi connectivity index (χ1n) is 9.09. The largest absolute Gasteiger partial charge is 0.376 e. The van der Waals surface area contributed by atoms with Crippen LogP contribution in [0.5, 0.6) is 0 Å². The first-order valence-corrected chi connectivity index (χ1v) is 10.5. The lowest BCUT2D eigenvalue weighted by Crippen LogP contribution is -2.57. The van der Waals surface area contributed by atoms with Crippen LogP contribution in [0.25, 0.3) is 0 Å². The van der Waals surface area contributed by atoms with Crippen LogP contribution in [-0.4, -0.2) is 86.5 Å². The summed E-state index contributed by atoms with van der Waals surface area (Å²) >= 11 is 0. The minimum absolute atomic E-state index is 0.0656. The first-order chi connectivity index (χ1) is 12.4. The van der Waals surface area contributed by atoms with Gasteiger partial charge < -0.3 is 9.64 Å². The predicted octanol–water partition coefficient (Wildman–Crippen LogP) is 0.629. The molecule has 0 unspecified atom stereocenters. The SMILES string of the molecule is C[C@H](C(=O)N1CCN(S(=O)(=O)c2ccccc2)CC1)N1CCO[C@@H](C)C1. The fourth-order valence-electron chi connectivity index (χ4n) is 3.51. The molecule has 144 valence electrons. The summed E-state index contributed by atoms with van der Waals surface area (Å²) in [6.07, 6.45) is 0.131. The third kappa shape index (κ3) is 4.09. The van der Waals surface area contributed by atoms with Gasteiger partial charge in [-0.15, -0.1) is 0 Å². The molecule has 1 amide bonds. The number of benzene rings is 1. The van der Waals surface area contributed by atoms with E-state index in [9.17, 15) is 13.2 Å². The van der Waals surface area contributed by atoms with Gasteiger partial charge in [-0.25, -0.2) is 8.42 Å². The van der Waals surface area contributed by atoms with Crippen molar-refractivity contribution in [1.29, 1.82) is 0 Å². The third-order valence-electron chi connectivity index (χ3n) is 5.11. The molecular weight excluding hydrogens is 354 g/mol. The minimum Gasteiger partial charge on any atom is -0.376 e. The van der Waals surface area contributed by atoms with Crippen LogP contribution in [0, 0.1) is 0 Å². The summed E-state index contributed by atoms with van der Waals surface area (Å²) < 4.78 is 32.4. The van der Waals surface area contributed by atoms with Crippen molar-refractivity contribution in [2.45, 2.75) is 30.9 Å². The molecule has 2 aliphatic heterocycles. The third-order valence-corrected chi connectivity index (χ3v) is 7.02. The van der Waals surface area contributed by atoms with Crippen LogP contribution in [0.4, 0.5) is 0 Å². The molecule has 2 heterocycles. The van der Waals surface area contributed by atoms with Gasteiger partial charge in [-0.3, -0.25) is 9.69 Å². The molecule has 0 N–H and O–H groups in total. The first kappa shape index (κ1) is 19.3. The molecule has 2 atom stereocenters. The second-order valence-electron chi connectivity index (χ2n) is 6.89. The van der Waals surface area contributed by atoms with E-state index in [4.69, 9.17) is 4.74 Å². The molecule has 8 heteroatoms. The molecule has 0 radical (unpaired) electrons. The minimum atomic E-state index is -3.49. The zero-order valence-electron chi connectivity index (χ0n) is 15.4. The number of piperazine rings is 1. The monoisotopic (exact) mass is 381 g/mol. The molecule has 0 saturated carbocycles. The van der Waals surface area contributed by atoms with E-state index in [0.717, 1.165) is 13.1 Å². The maximum atomic E-state index is 12.8. The molecule has 2 saturated heterocycles. The second kappa shape index (κ2) is 8.04. The van der Waals surface area contributed by atoms with Crippen LogP contribution in [0.15, 0.2) is 35.2 Å². The van der Waals surface area contributed by atoms with E-state index in [1.165, 1.54) is 4.31 Å². The van der Waals surface area contributed by atoms with Crippen molar-refractivity contribution in [2.75, 3.05) is 45.9 Å². The highest BCUT2D eigenvalue weighted by atomic mass is 32.2. The Bertz CT molecular complexity index is 717. The van der Waals surface area contributed by atoms with Crippen LogP contribution in [0.3, 0.4) is 0 Å². The second-order valence-corrected chi connectivity index (χ2v) is 8.83. The van der Waals surface area contributed by atoms with Gasteiger partial charge in [-0.1, -0.05) is 18.2 Å². The number of nitrogens with zero attached hydrogens (tertiary/aromatic N) is 3. The number of rotatable bonds is 4. The van der Waals surface area contributed by atoms with Crippen molar-refractivity contribution >= 4 is 15.9 Å². The molecule has 3 rings (SSSR count). The highest BCUT2D eigenvalue weighted by Crippen LogP contribution is 2.18. The van der Waals surface area contributed by atoms with Gasteiger partial charge in [0.1, 0.15) is 0 Å². The Kier molecular flexibility index (Phi) is 5.96. The number of carbonyl (C=O) groups is 1. The zero-order chi connectivity index (χ0) is 18.7. The molecule has 7 nitrogen and oxygen atoms in total. The number of sulfonamides is 1. The van der Waals surface area contributed by atoms with E-state index >= 15 is 0 Å². The molecule has 26 heavy (non-hydrogen) atoms. The molecule has 0 spiro atoms. The number of amides is 1. The Morgan fingerprint density at radius 3 is 2.38 bits per heavy atom. The average molecular weight is 381 g/mol. The molecule has 0 bridgehead atoms. The fourth-order valence-corrected chi connectivity index (χ4v) is 4.95. The quantitative estimate of drug-likeness (QED) is 0.765. The molecule has 2 fully saturated rings. The Balaban J connectivity index is 1.59. The summed E-state index contributed by atoms with van der Waals surface area (Å²) in [5.74, 6) is 0.0656. The number of ether oxygens (including phenoxy) is 1. The van der Waals surface area contributed by atoms with Crippen molar-refractivity contribution in [3.63, 3.8) is 0 Å². The lowest BCUT2D eigenvalue weighted by atomic mass is 10.2. The highest BCUT2D eigenvalue weighted by Gasteiger charge is 2.33. The molecular formula is C18H27N3O4S. The van der Waals surface area contributed by atoms with E-state index in [2.05, 4.69) is 4.90 Å². The number of morpholine rings is 1. The van der Waals surface area contributed by atoms with Crippen LogP contribution in [-0.2, 0) is 19.6 Å². The van der Waals surface area contributed by atoms with Crippen molar-refractivity contribution < 1.29 is 17.9 Å². The summed E-state index contributed by atoms with van der Waals surface area (Å²) in [7, 11) is -3.49. The number of carbonyl (C=O) groups excluding carboxylic acids is 1. The Hall–Kier alpha value is -1.48. The molecule has 2 aliphatic rings. The van der Waals surface area contributed by atoms with Gasteiger partial charge in [0, 0.05) is 39.3 Å². The van der Waals surface area contributed by atoms with Gasteiger partial charge in [0.2, 0.25) is 15.9 Å². The smallest absolute Gasteiger partial charge is 0.243 e. The fraction of sp³-hybridized carbons (Fsp3) is 0.611. The van der Waals surface area contributed by atoms with Crippen molar-refractivity contribution in [1.82, 2.24) is 14.1 Å². The van der Waals surface area contributed by atoms with Crippen molar-refractivity contribution in [3.8, 4) is 0 Å². The van der Waals surface area contributed by atoms with E-state index in [1.54, 1.807) is 35.2 Å². The van der Waals surface area contributed by atoms with E-state index in [0.29, 0.717) is 37.7 Å². The van der Waals surface area contributed by atoms with Gasteiger partial charge in [-0.05, 0) is 26.0 Å². The summed E-state index contributed by atoms with van der Waals surface area (Å²) in [6.45, 7) is 7.58. The lowest BCUT2D eigenvalue weighted by molar-refractivity contribution is -0.140. The normalized spacial score (nSPS) is 24.4. The molecule has 1 aromatic carbocycles. The lowest BCUT2D eigenvalue weighted by Gasteiger charge is -2.39. The van der Waals surface area contributed by atoms with Crippen molar-refractivity contribution in [2.24, 2.45) is 0 Å². The van der Waals surface area contributed by atoms with E-state index in [-0.39, 0.29) is 18.1 Å². The summed E-state index contributed by atoms with van der Waals surface area (Å²) in [4.78, 5) is 17.0. The molecule has 1 aromatic rings. The van der Waals surface area contributed by atoms with E-state index < -0.39 is 10.0 Å². The molecule has 0 aromatic heterocycles. The van der Waals surface area contributed by atoms with Crippen LogP contribution in [0.2, 0.25) is 0 Å². The summed E-state index contributed by atoms with van der Waals surface area (Å²) in [6, 6.07) is 8.24. The van der Waals surface area contributed by atoms with Gasteiger partial charge in [0.25, 0.3) is 0 Å². The standard InChI is InChI=1S/C18H27N3O4S/c1-15-14-20(12-13-25-15)16(2)18(22)19-8-10-21(11-9-19)26(23,24)17-6-4-3-5-7-17/h3-7,15-16H,8-14H2,1-2H3/t15-,16+/m0/s1. The van der Waals surface area contributed by atoms with Gasteiger partial charge in [0.15, 0.2) is 0 Å². The topological polar surface area (TPSA) is 70.2 Å². The van der Waals surface area contributed by atoms with Crippen molar-refractivity contribution in [3.05, 3.63) is 30.3 Å². The highest BCUT2D eigenvalue weighted by molar-refractivity contribution is 7.89. The van der Waals surface area contributed by atoms with Gasteiger partial charge in [-0.2, -0.15) is 4.31 Å². The summed E-state index contributed by atoms with van der Waals surface area (Å²) in [5, 5.41) is 0. The Labute approximate surface area is 155 Å². The Morgan fingerprint density at radius 2 is 1.77 bits per heavy atom. The maximum absolute atomic E-state index is 12.8. The van der Waals surface area contributed by atoms with E-state index in [1.807, 2.05) is 13.8 Å². The number of hydrogen-bond donors (Lipinski definition) is 0. The average Bonchev–Trinajstić information content (AvgIpc) is 2.67. The van der Waals surface area contributed by atoms with Crippen LogP contribution in [0.1, 0.15) is 13.8 Å². The Morgan fingerprint density at radius 1 is 1.12 bits per heavy atom. The van der Waals surface area contributed by atoms with Crippen LogP contribution < -0.4 is 0 Å². The summed E-state index contributed by atoms with van der Waals surface area (Å²) in [5.41, 5.74) is 0. The molecule has 0 aliphatic carbocycles. The number of hydrogen-bond acceptors (Lipinski definition) is 5. The van der Waals surface area contributed by atoms with Gasteiger partial charge >= 0.3 is 0 Å². The van der Waals surface area contributed by atoms with Crippen LogP contribution >= 0.6 is 0 Å². The van der Waals surface area contributed by atoms with Gasteiger partial charge in [0.05, 0.1) is 23.6 Å². The maximum Gasteiger partial charge on any atom is 0.243 e. The zero-order valence-corrected chi connectivity index (χ0v) is 16.2. The predicted molar refractivity (Wildman–Crippen MR) is 98.2 cm³/mol.